The second-order valence-corrected chi connectivity index (χ2v) is 6.43. The second-order valence-electron chi connectivity index (χ2n) is 6.43. The summed E-state index contributed by atoms with van der Waals surface area (Å²) in [5, 5.41) is 3.05. The topological polar surface area (TPSA) is 37.3 Å². The zero-order chi connectivity index (χ0) is 17.2. The minimum absolute atomic E-state index is 0.0631. The zero-order valence-electron chi connectivity index (χ0n) is 14.2. The predicted molar refractivity (Wildman–Crippen MR) is 99.6 cm³/mol. The summed E-state index contributed by atoms with van der Waals surface area (Å²) < 4.78 is 2.23. The van der Waals surface area contributed by atoms with Crippen molar-refractivity contribution in [1.29, 1.82) is 0 Å². The summed E-state index contributed by atoms with van der Waals surface area (Å²) in [5.74, 6) is 0. The Balaban J connectivity index is 1.66. The van der Waals surface area contributed by atoms with E-state index in [1.165, 1.54) is 0 Å². The molecular formula is C21H21N3O. The van der Waals surface area contributed by atoms with E-state index in [1.807, 2.05) is 60.4 Å². The highest BCUT2D eigenvalue weighted by atomic mass is 16.2. The van der Waals surface area contributed by atoms with Crippen LogP contribution in [-0.4, -0.2) is 22.0 Å². The number of nitrogens with one attached hydrogen (secondary N) is 1. The van der Waals surface area contributed by atoms with E-state index in [1.54, 1.807) is 0 Å². The van der Waals surface area contributed by atoms with Gasteiger partial charge in [0.1, 0.15) is 0 Å². The third-order valence-corrected chi connectivity index (χ3v) is 4.68. The molecule has 126 valence electrons. The van der Waals surface area contributed by atoms with Gasteiger partial charge in [0.05, 0.1) is 6.04 Å². The van der Waals surface area contributed by atoms with Gasteiger partial charge in [0, 0.05) is 30.7 Å². The van der Waals surface area contributed by atoms with Crippen molar-refractivity contribution in [3.05, 3.63) is 89.7 Å². The number of benzene rings is 2. The minimum Gasteiger partial charge on any atom is -0.348 e. The van der Waals surface area contributed by atoms with Crippen molar-refractivity contribution >= 4 is 11.7 Å². The fraction of sp³-hybridized carbons (Fsp3) is 0.190. The maximum atomic E-state index is 13.0. The van der Waals surface area contributed by atoms with Crippen LogP contribution in [0, 0.1) is 6.92 Å². The van der Waals surface area contributed by atoms with Gasteiger partial charge in [-0.2, -0.15) is 0 Å². The van der Waals surface area contributed by atoms with Gasteiger partial charge in [0.2, 0.25) is 0 Å². The first-order chi connectivity index (χ1) is 12.2. The van der Waals surface area contributed by atoms with Gasteiger partial charge in [-0.05, 0) is 42.3 Å². The zero-order valence-corrected chi connectivity index (χ0v) is 14.2. The number of urea groups is 1. The van der Waals surface area contributed by atoms with Crippen molar-refractivity contribution in [3.63, 3.8) is 0 Å². The second kappa shape index (κ2) is 6.48. The largest absolute Gasteiger partial charge is 0.348 e. The number of carbonyl (C=O) groups is 1. The van der Waals surface area contributed by atoms with Crippen LogP contribution in [0.3, 0.4) is 0 Å². The van der Waals surface area contributed by atoms with Crippen LogP contribution < -0.4 is 5.32 Å². The molecule has 0 bridgehead atoms. The van der Waals surface area contributed by atoms with Gasteiger partial charge in [-0.1, -0.05) is 42.5 Å². The normalized spacial score (nSPS) is 16.4. The summed E-state index contributed by atoms with van der Waals surface area (Å²) in [6.07, 6.45) is 2.08. The van der Waals surface area contributed by atoms with Crippen LogP contribution in [0.25, 0.3) is 0 Å². The summed E-state index contributed by atoms with van der Waals surface area (Å²) in [7, 11) is 0. The molecule has 25 heavy (non-hydrogen) atoms. The molecule has 1 unspecified atom stereocenters. The van der Waals surface area contributed by atoms with Crippen LogP contribution in [0.1, 0.15) is 22.9 Å². The number of carbonyl (C=O) groups excluding carboxylic acids is 1. The fourth-order valence-electron chi connectivity index (χ4n) is 3.51. The van der Waals surface area contributed by atoms with E-state index in [9.17, 15) is 4.79 Å². The monoisotopic (exact) mass is 331 g/mol. The first kappa shape index (κ1) is 15.5. The summed E-state index contributed by atoms with van der Waals surface area (Å²) in [6, 6.07) is 22.1. The van der Waals surface area contributed by atoms with Crippen molar-refractivity contribution in [3.8, 4) is 0 Å². The van der Waals surface area contributed by atoms with Crippen molar-refractivity contribution in [2.75, 3.05) is 11.9 Å². The molecule has 0 saturated carbocycles. The molecule has 4 nitrogen and oxygen atoms in total. The van der Waals surface area contributed by atoms with Crippen LogP contribution in [-0.2, 0) is 6.54 Å². The minimum atomic E-state index is -0.0743. The smallest absolute Gasteiger partial charge is 0.322 e. The fourth-order valence-corrected chi connectivity index (χ4v) is 3.51. The van der Waals surface area contributed by atoms with E-state index in [4.69, 9.17) is 0 Å². The molecule has 1 aliphatic rings. The predicted octanol–water partition coefficient (Wildman–Crippen LogP) is 4.43. The van der Waals surface area contributed by atoms with E-state index >= 15 is 0 Å². The van der Waals surface area contributed by atoms with Gasteiger partial charge < -0.3 is 14.8 Å². The third kappa shape index (κ3) is 3.03. The Morgan fingerprint density at radius 2 is 1.84 bits per heavy atom. The number of rotatable bonds is 2. The Morgan fingerprint density at radius 3 is 2.64 bits per heavy atom. The Kier molecular flexibility index (Phi) is 4.02. The Morgan fingerprint density at radius 1 is 1.00 bits per heavy atom. The number of hydrogen-bond acceptors (Lipinski definition) is 1. The number of amides is 2. The van der Waals surface area contributed by atoms with Crippen LogP contribution in [0.5, 0.6) is 0 Å². The van der Waals surface area contributed by atoms with E-state index in [-0.39, 0.29) is 12.1 Å². The summed E-state index contributed by atoms with van der Waals surface area (Å²) >= 11 is 0. The molecule has 1 atom stereocenters. The number of fused-ring (bicyclic) bond motifs is 1. The van der Waals surface area contributed by atoms with Gasteiger partial charge in [-0.3, -0.25) is 0 Å². The molecule has 0 aliphatic carbocycles. The number of aryl methyl sites for hydroxylation is 1. The molecule has 3 aromatic rings. The summed E-state index contributed by atoms with van der Waals surface area (Å²) in [6.45, 7) is 3.52. The van der Waals surface area contributed by atoms with E-state index < -0.39 is 0 Å². The lowest BCUT2D eigenvalue weighted by atomic mass is 10.0. The van der Waals surface area contributed by atoms with Crippen molar-refractivity contribution < 1.29 is 4.79 Å². The van der Waals surface area contributed by atoms with E-state index in [0.717, 1.165) is 29.1 Å². The lowest BCUT2D eigenvalue weighted by Gasteiger charge is -2.37. The molecular weight excluding hydrogens is 310 g/mol. The Labute approximate surface area is 147 Å². The SMILES string of the molecule is Cc1cccc(NC(=O)N2CCn3cccc3C2c2ccccc2)c1. The molecule has 1 aliphatic heterocycles. The number of nitrogens with zero attached hydrogens (tertiary/aromatic N) is 2. The van der Waals surface area contributed by atoms with Crippen LogP contribution >= 0.6 is 0 Å². The quantitative estimate of drug-likeness (QED) is 0.741. The van der Waals surface area contributed by atoms with Gasteiger partial charge in [-0.25, -0.2) is 4.79 Å². The highest BCUT2D eigenvalue weighted by Crippen LogP contribution is 2.32. The van der Waals surface area contributed by atoms with E-state index in [2.05, 4.69) is 34.3 Å². The molecule has 0 spiro atoms. The first-order valence-corrected chi connectivity index (χ1v) is 8.56. The molecule has 0 radical (unpaired) electrons. The molecule has 2 aromatic carbocycles. The molecule has 2 heterocycles. The number of anilines is 1. The van der Waals surface area contributed by atoms with Gasteiger partial charge in [-0.15, -0.1) is 0 Å². The average Bonchev–Trinajstić information content (AvgIpc) is 3.10. The maximum absolute atomic E-state index is 13.0. The van der Waals surface area contributed by atoms with Gasteiger partial charge >= 0.3 is 6.03 Å². The number of aromatic nitrogens is 1. The molecule has 1 aromatic heterocycles. The van der Waals surface area contributed by atoms with Crippen molar-refractivity contribution in [2.24, 2.45) is 0 Å². The first-order valence-electron chi connectivity index (χ1n) is 8.56. The standard InChI is InChI=1S/C21H21N3O/c1-16-7-5-10-18(15-16)22-21(25)24-14-13-23-12-6-11-19(23)20(24)17-8-3-2-4-9-17/h2-12,15,20H,13-14H2,1H3,(H,22,25). The summed E-state index contributed by atoms with van der Waals surface area (Å²) in [5.41, 5.74) is 4.24. The molecule has 2 amide bonds. The average molecular weight is 331 g/mol. The molecule has 4 rings (SSSR count). The molecule has 0 fully saturated rings. The molecule has 4 heteroatoms. The lowest BCUT2D eigenvalue weighted by molar-refractivity contribution is 0.182. The van der Waals surface area contributed by atoms with Crippen LogP contribution in [0.4, 0.5) is 10.5 Å². The highest BCUT2D eigenvalue weighted by molar-refractivity contribution is 5.90. The van der Waals surface area contributed by atoms with E-state index in [0.29, 0.717) is 6.54 Å². The lowest BCUT2D eigenvalue weighted by Crippen LogP contribution is -2.44. The Hall–Kier alpha value is -3.01. The number of hydrogen-bond donors (Lipinski definition) is 1. The molecule has 0 saturated heterocycles. The van der Waals surface area contributed by atoms with Crippen molar-refractivity contribution in [1.82, 2.24) is 9.47 Å². The third-order valence-electron chi connectivity index (χ3n) is 4.68. The molecule has 1 N–H and O–H groups in total. The highest BCUT2D eigenvalue weighted by Gasteiger charge is 2.32. The Bertz CT molecular complexity index is 885. The van der Waals surface area contributed by atoms with Crippen LogP contribution in [0.2, 0.25) is 0 Å². The van der Waals surface area contributed by atoms with Gasteiger partial charge in [0.25, 0.3) is 0 Å². The van der Waals surface area contributed by atoms with Crippen molar-refractivity contribution in [2.45, 2.75) is 19.5 Å². The maximum Gasteiger partial charge on any atom is 0.322 e. The summed E-state index contributed by atoms with van der Waals surface area (Å²) in [4.78, 5) is 14.9. The van der Waals surface area contributed by atoms with Crippen LogP contribution in [0.15, 0.2) is 72.9 Å². The van der Waals surface area contributed by atoms with Gasteiger partial charge in [0.15, 0.2) is 0 Å².